The van der Waals surface area contributed by atoms with Gasteiger partial charge in [-0.25, -0.2) is 0 Å². The van der Waals surface area contributed by atoms with Crippen molar-refractivity contribution in [2.24, 2.45) is 13.0 Å². The molecule has 0 saturated carbocycles. The van der Waals surface area contributed by atoms with E-state index in [2.05, 4.69) is 5.32 Å². The maximum absolute atomic E-state index is 12.3. The van der Waals surface area contributed by atoms with Gasteiger partial charge in [0, 0.05) is 38.0 Å². The summed E-state index contributed by atoms with van der Waals surface area (Å²) in [5, 5.41) is 3.17. The van der Waals surface area contributed by atoms with Crippen molar-refractivity contribution in [1.82, 2.24) is 14.8 Å². The van der Waals surface area contributed by atoms with Gasteiger partial charge in [0.25, 0.3) is 11.5 Å². The zero-order chi connectivity index (χ0) is 14.5. The summed E-state index contributed by atoms with van der Waals surface area (Å²) in [6, 6.07) is 3.15. The highest BCUT2D eigenvalue weighted by Gasteiger charge is 2.23. The fourth-order valence-corrected chi connectivity index (χ4v) is 2.64. The summed E-state index contributed by atoms with van der Waals surface area (Å²) in [6.07, 6.45) is 4.93. The first-order valence-corrected chi connectivity index (χ1v) is 7.22. The number of hydrogen-bond acceptors (Lipinski definition) is 3. The Balaban J connectivity index is 1.94. The molecule has 2 heterocycles. The average molecular weight is 277 g/mol. The lowest BCUT2D eigenvalue weighted by Crippen LogP contribution is -2.39. The minimum absolute atomic E-state index is 0.0187. The van der Waals surface area contributed by atoms with Crippen molar-refractivity contribution in [3.8, 4) is 0 Å². The number of carbonyl (C=O) groups is 1. The van der Waals surface area contributed by atoms with Gasteiger partial charge in [-0.3, -0.25) is 9.59 Å². The third-order valence-corrected chi connectivity index (χ3v) is 4.06. The molecular weight excluding hydrogens is 254 g/mol. The molecule has 1 amide bonds. The van der Waals surface area contributed by atoms with Crippen molar-refractivity contribution in [1.29, 1.82) is 0 Å². The summed E-state index contributed by atoms with van der Waals surface area (Å²) >= 11 is 0. The summed E-state index contributed by atoms with van der Waals surface area (Å²) in [4.78, 5) is 25.8. The second-order valence-corrected chi connectivity index (χ2v) is 5.49. The topological polar surface area (TPSA) is 54.3 Å². The van der Waals surface area contributed by atoms with E-state index < -0.39 is 0 Å². The summed E-state index contributed by atoms with van der Waals surface area (Å²) in [5.41, 5.74) is 0.363. The van der Waals surface area contributed by atoms with Crippen LogP contribution in [0, 0.1) is 5.92 Å². The highest BCUT2D eigenvalue weighted by atomic mass is 16.2. The summed E-state index contributed by atoms with van der Waals surface area (Å²) in [5.74, 6) is 0.685. The monoisotopic (exact) mass is 277 g/mol. The van der Waals surface area contributed by atoms with Gasteiger partial charge < -0.3 is 14.8 Å². The number of likely N-dealkylation sites (tertiary alicyclic amines) is 1. The number of amides is 1. The number of piperidine rings is 1. The minimum atomic E-state index is -0.139. The predicted octanol–water partition coefficient (Wildman–Crippen LogP) is 0.847. The lowest BCUT2D eigenvalue weighted by atomic mass is 9.93. The first-order valence-electron chi connectivity index (χ1n) is 7.22. The molecule has 1 saturated heterocycles. The van der Waals surface area contributed by atoms with Gasteiger partial charge in [0.15, 0.2) is 0 Å². The van der Waals surface area contributed by atoms with E-state index in [1.165, 1.54) is 17.1 Å². The van der Waals surface area contributed by atoms with Gasteiger partial charge in [-0.2, -0.15) is 0 Å². The number of nitrogens with one attached hydrogen (secondary N) is 1. The van der Waals surface area contributed by atoms with Crippen LogP contribution >= 0.6 is 0 Å². The van der Waals surface area contributed by atoms with Gasteiger partial charge in [0.1, 0.15) is 0 Å². The van der Waals surface area contributed by atoms with Crippen molar-refractivity contribution in [2.45, 2.75) is 19.3 Å². The maximum Gasteiger partial charge on any atom is 0.254 e. The molecule has 0 unspecified atom stereocenters. The van der Waals surface area contributed by atoms with Crippen molar-refractivity contribution in [2.75, 3.05) is 26.7 Å². The summed E-state index contributed by atoms with van der Waals surface area (Å²) < 4.78 is 1.47. The largest absolute Gasteiger partial charge is 0.339 e. The number of rotatable bonds is 4. The Labute approximate surface area is 119 Å². The first-order chi connectivity index (χ1) is 9.61. The predicted molar refractivity (Wildman–Crippen MR) is 78.9 cm³/mol. The molecule has 1 aromatic heterocycles. The van der Waals surface area contributed by atoms with E-state index in [0.29, 0.717) is 11.5 Å². The number of pyridine rings is 1. The first kappa shape index (κ1) is 14.8. The minimum Gasteiger partial charge on any atom is -0.339 e. The highest BCUT2D eigenvalue weighted by molar-refractivity contribution is 5.94. The molecule has 0 atom stereocenters. The third kappa shape index (κ3) is 3.48. The SMILES string of the molecule is CNCCC1CCN(C(=O)c2ccn(C)c(=O)c2)CC1. The fourth-order valence-electron chi connectivity index (χ4n) is 2.64. The van der Waals surface area contributed by atoms with Crippen LogP contribution in [0.5, 0.6) is 0 Å². The molecule has 2 rings (SSSR count). The number of aromatic nitrogens is 1. The van der Waals surface area contributed by atoms with Crippen molar-refractivity contribution < 1.29 is 4.79 Å². The number of hydrogen-bond donors (Lipinski definition) is 1. The Morgan fingerprint density at radius 3 is 2.70 bits per heavy atom. The van der Waals surface area contributed by atoms with Crippen LogP contribution in [0.2, 0.25) is 0 Å². The Hall–Kier alpha value is -1.62. The molecule has 1 aromatic rings. The van der Waals surface area contributed by atoms with Crippen molar-refractivity contribution in [3.05, 3.63) is 34.2 Å². The fraction of sp³-hybridized carbons (Fsp3) is 0.600. The second-order valence-electron chi connectivity index (χ2n) is 5.49. The molecule has 1 N–H and O–H groups in total. The maximum atomic E-state index is 12.3. The zero-order valence-corrected chi connectivity index (χ0v) is 12.3. The molecule has 1 aliphatic heterocycles. The summed E-state index contributed by atoms with van der Waals surface area (Å²) in [6.45, 7) is 2.62. The van der Waals surface area contributed by atoms with Crippen LogP contribution < -0.4 is 10.9 Å². The van der Waals surface area contributed by atoms with Crippen LogP contribution in [0.1, 0.15) is 29.6 Å². The van der Waals surface area contributed by atoms with Crippen LogP contribution in [0.25, 0.3) is 0 Å². The number of nitrogens with zero attached hydrogens (tertiary/aromatic N) is 2. The van der Waals surface area contributed by atoms with Gasteiger partial charge in [0.2, 0.25) is 0 Å². The van der Waals surface area contributed by atoms with Crippen molar-refractivity contribution >= 4 is 5.91 Å². The van der Waals surface area contributed by atoms with Gasteiger partial charge in [0.05, 0.1) is 0 Å². The van der Waals surface area contributed by atoms with Crippen LogP contribution in [0.4, 0.5) is 0 Å². The van der Waals surface area contributed by atoms with E-state index >= 15 is 0 Å². The van der Waals surface area contributed by atoms with Crippen LogP contribution in [0.3, 0.4) is 0 Å². The summed E-state index contributed by atoms with van der Waals surface area (Å²) in [7, 11) is 3.65. The highest BCUT2D eigenvalue weighted by Crippen LogP contribution is 2.21. The lowest BCUT2D eigenvalue weighted by molar-refractivity contribution is 0.0687. The molecular formula is C15H23N3O2. The molecule has 0 aromatic carbocycles. The Kier molecular flexibility index (Phi) is 4.95. The van der Waals surface area contributed by atoms with E-state index in [-0.39, 0.29) is 11.5 Å². The van der Waals surface area contributed by atoms with Gasteiger partial charge in [-0.15, -0.1) is 0 Å². The third-order valence-electron chi connectivity index (χ3n) is 4.06. The molecule has 5 heteroatoms. The molecule has 0 radical (unpaired) electrons. The Morgan fingerprint density at radius 2 is 2.10 bits per heavy atom. The van der Waals surface area contributed by atoms with Crippen LogP contribution in [0.15, 0.2) is 23.1 Å². The molecule has 5 nitrogen and oxygen atoms in total. The van der Waals surface area contributed by atoms with Crippen molar-refractivity contribution in [3.63, 3.8) is 0 Å². The van der Waals surface area contributed by atoms with Crippen LogP contribution in [-0.4, -0.2) is 42.1 Å². The zero-order valence-electron chi connectivity index (χ0n) is 12.3. The standard InChI is InChI=1S/C15H23N3O2/c1-16-7-3-12-4-9-18(10-5-12)15(20)13-6-8-17(2)14(19)11-13/h6,8,11-12,16H,3-5,7,9-10H2,1-2H3. The molecule has 0 aliphatic carbocycles. The van der Waals surface area contributed by atoms with Crippen LogP contribution in [-0.2, 0) is 7.05 Å². The van der Waals surface area contributed by atoms with Gasteiger partial charge >= 0.3 is 0 Å². The van der Waals surface area contributed by atoms with E-state index in [9.17, 15) is 9.59 Å². The molecule has 1 aliphatic rings. The second kappa shape index (κ2) is 6.70. The molecule has 20 heavy (non-hydrogen) atoms. The quantitative estimate of drug-likeness (QED) is 0.887. The van der Waals surface area contributed by atoms with Gasteiger partial charge in [-0.1, -0.05) is 0 Å². The van der Waals surface area contributed by atoms with E-state index in [0.717, 1.165) is 32.5 Å². The Morgan fingerprint density at radius 1 is 1.40 bits per heavy atom. The molecule has 1 fully saturated rings. The van der Waals surface area contributed by atoms with E-state index in [1.54, 1.807) is 19.3 Å². The molecule has 0 spiro atoms. The lowest BCUT2D eigenvalue weighted by Gasteiger charge is -2.32. The van der Waals surface area contributed by atoms with E-state index in [4.69, 9.17) is 0 Å². The van der Waals surface area contributed by atoms with E-state index in [1.807, 2.05) is 11.9 Å². The number of aryl methyl sites for hydroxylation is 1. The normalized spacial score (nSPS) is 16.4. The smallest absolute Gasteiger partial charge is 0.254 e. The average Bonchev–Trinajstić information content (AvgIpc) is 2.48. The van der Waals surface area contributed by atoms with Gasteiger partial charge in [-0.05, 0) is 44.8 Å². The molecule has 0 bridgehead atoms. The Bertz CT molecular complexity index is 516. The molecule has 110 valence electrons. The number of carbonyl (C=O) groups excluding carboxylic acids is 1.